The van der Waals surface area contributed by atoms with Crippen LogP contribution in [0.1, 0.15) is 12.0 Å². The zero-order chi connectivity index (χ0) is 11.8. The molecule has 1 heterocycles. The molecule has 3 nitrogen and oxygen atoms in total. The first-order valence-corrected chi connectivity index (χ1v) is 5.19. The zero-order valence-electron chi connectivity index (χ0n) is 8.98. The number of pyridine rings is 1. The molecule has 0 saturated carbocycles. The number of alkyl halides is 2. The average molecular weight is 230 g/mol. The Kier molecular flexibility index (Phi) is 5.88. The van der Waals surface area contributed by atoms with Gasteiger partial charge in [0.15, 0.2) is 0 Å². The summed E-state index contributed by atoms with van der Waals surface area (Å²) in [7, 11) is 0. The van der Waals surface area contributed by atoms with Crippen LogP contribution in [0.15, 0.2) is 24.5 Å². The molecule has 1 aromatic rings. The molecule has 0 spiro atoms. The van der Waals surface area contributed by atoms with Gasteiger partial charge in [-0.15, -0.1) is 0 Å². The first kappa shape index (κ1) is 13.0. The Labute approximate surface area is 93.6 Å². The lowest BCUT2D eigenvalue weighted by atomic mass is 10.1. The monoisotopic (exact) mass is 230 g/mol. The smallest absolute Gasteiger partial charge is 0.261 e. The van der Waals surface area contributed by atoms with Crippen LogP contribution >= 0.6 is 0 Å². The number of ether oxygens (including phenoxy) is 1. The molecular formula is C11H16F2N2O. The molecule has 1 unspecified atom stereocenters. The summed E-state index contributed by atoms with van der Waals surface area (Å²) in [4.78, 5) is 3.97. The Bertz CT molecular complexity index is 283. The normalized spacial score (nSPS) is 13.0. The van der Waals surface area contributed by atoms with Gasteiger partial charge in [-0.2, -0.15) is 0 Å². The van der Waals surface area contributed by atoms with Crippen molar-refractivity contribution < 1.29 is 13.5 Å². The van der Waals surface area contributed by atoms with Crippen molar-refractivity contribution >= 4 is 0 Å². The molecule has 0 fully saturated rings. The minimum atomic E-state index is -2.41. The quantitative estimate of drug-likeness (QED) is 0.724. The van der Waals surface area contributed by atoms with Crippen LogP contribution in [0.4, 0.5) is 8.78 Å². The minimum absolute atomic E-state index is 0.0816. The topological polar surface area (TPSA) is 48.1 Å². The Hall–Kier alpha value is -1.07. The van der Waals surface area contributed by atoms with E-state index >= 15 is 0 Å². The van der Waals surface area contributed by atoms with Crippen molar-refractivity contribution in [3.63, 3.8) is 0 Å². The van der Waals surface area contributed by atoms with Gasteiger partial charge in [0.1, 0.15) is 6.61 Å². The van der Waals surface area contributed by atoms with Crippen molar-refractivity contribution in [1.82, 2.24) is 4.98 Å². The van der Waals surface area contributed by atoms with E-state index in [4.69, 9.17) is 10.5 Å². The SMILES string of the molecule is NC(CCOCC(F)F)Cc1cccnc1. The first-order valence-electron chi connectivity index (χ1n) is 5.19. The summed E-state index contributed by atoms with van der Waals surface area (Å²) in [5, 5.41) is 0. The van der Waals surface area contributed by atoms with E-state index in [0.717, 1.165) is 5.56 Å². The summed E-state index contributed by atoms with van der Waals surface area (Å²) in [6.45, 7) is -0.245. The molecule has 0 radical (unpaired) electrons. The van der Waals surface area contributed by atoms with Gasteiger partial charge in [0.05, 0.1) is 0 Å². The van der Waals surface area contributed by atoms with Crippen molar-refractivity contribution in [2.45, 2.75) is 25.3 Å². The molecule has 1 rings (SSSR count). The van der Waals surface area contributed by atoms with Gasteiger partial charge in [0, 0.05) is 25.0 Å². The molecule has 1 aromatic heterocycles. The second-order valence-corrected chi connectivity index (χ2v) is 3.58. The first-order chi connectivity index (χ1) is 7.68. The van der Waals surface area contributed by atoms with Crippen LogP contribution in [0, 0.1) is 0 Å². The highest BCUT2D eigenvalue weighted by Crippen LogP contribution is 2.03. The van der Waals surface area contributed by atoms with Crippen molar-refractivity contribution in [3.05, 3.63) is 30.1 Å². The van der Waals surface area contributed by atoms with E-state index in [1.807, 2.05) is 12.1 Å². The molecule has 0 aliphatic heterocycles. The highest BCUT2D eigenvalue weighted by Gasteiger charge is 2.06. The molecular weight excluding hydrogens is 214 g/mol. The summed E-state index contributed by atoms with van der Waals surface area (Å²) >= 11 is 0. The number of nitrogens with zero attached hydrogens (tertiary/aromatic N) is 1. The van der Waals surface area contributed by atoms with Gasteiger partial charge in [-0.25, -0.2) is 8.78 Å². The zero-order valence-corrected chi connectivity index (χ0v) is 8.98. The third kappa shape index (κ3) is 5.72. The maximum Gasteiger partial charge on any atom is 0.261 e. The van der Waals surface area contributed by atoms with Crippen LogP contribution in [0.25, 0.3) is 0 Å². The van der Waals surface area contributed by atoms with E-state index in [2.05, 4.69) is 4.98 Å². The van der Waals surface area contributed by atoms with Gasteiger partial charge in [-0.3, -0.25) is 4.98 Å². The van der Waals surface area contributed by atoms with E-state index in [-0.39, 0.29) is 12.6 Å². The van der Waals surface area contributed by atoms with Crippen LogP contribution in [0.3, 0.4) is 0 Å². The molecule has 0 amide bonds. The Morgan fingerprint density at radius 3 is 2.88 bits per heavy atom. The van der Waals surface area contributed by atoms with Crippen LogP contribution in [0.5, 0.6) is 0 Å². The molecule has 2 N–H and O–H groups in total. The fourth-order valence-corrected chi connectivity index (χ4v) is 1.33. The average Bonchev–Trinajstić information content (AvgIpc) is 2.25. The summed E-state index contributed by atoms with van der Waals surface area (Å²) in [6.07, 6.45) is 2.29. The van der Waals surface area contributed by atoms with Crippen LogP contribution in [-0.4, -0.2) is 30.7 Å². The standard InChI is InChI=1S/C11H16F2N2O/c12-11(13)8-16-5-3-10(14)6-9-2-1-4-15-7-9/h1-2,4,7,10-11H,3,5-6,8,14H2. The van der Waals surface area contributed by atoms with E-state index in [9.17, 15) is 8.78 Å². The summed E-state index contributed by atoms with van der Waals surface area (Å²) < 4.78 is 28.2. The predicted molar refractivity (Wildman–Crippen MR) is 57.4 cm³/mol. The second-order valence-electron chi connectivity index (χ2n) is 3.58. The summed E-state index contributed by atoms with van der Waals surface area (Å²) in [5.41, 5.74) is 6.87. The van der Waals surface area contributed by atoms with E-state index in [1.54, 1.807) is 12.4 Å². The largest absolute Gasteiger partial charge is 0.375 e. The lowest BCUT2D eigenvalue weighted by molar-refractivity contribution is 0.0153. The molecule has 0 aliphatic rings. The van der Waals surface area contributed by atoms with Gasteiger partial charge in [0.25, 0.3) is 6.43 Å². The van der Waals surface area contributed by atoms with Crippen LogP contribution in [-0.2, 0) is 11.2 Å². The number of halogens is 2. The molecule has 0 bridgehead atoms. The van der Waals surface area contributed by atoms with Gasteiger partial charge < -0.3 is 10.5 Å². The molecule has 5 heteroatoms. The fraction of sp³-hybridized carbons (Fsp3) is 0.545. The summed E-state index contributed by atoms with van der Waals surface area (Å²) in [5.74, 6) is 0. The van der Waals surface area contributed by atoms with Gasteiger partial charge >= 0.3 is 0 Å². The highest BCUT2D eigenvalue weighted by molar-refractivity contribution is 5.09. The van der Waals surface area contributed by atoms with Crippen molar-refractivity contribution in [2.24, 2.45) is 5.73 Å². The Balaban J connectivity index is 2.14. The third-order valence-electron chi connectivity index (χ3n) is 2.10. The van der Waals surface area contributed by atoms with Gasteiger partial charge in [0.2, 0.25) is 0 Å². The maximum absolute atomic E-state index is 11.7. The fourth-order valence-electron chi connectivity index (χ4n) is 1.33. The molecule has 90 valence electrons. The van der Waals surface area contributed by atoms with E-state index < -0.39 is 13.0 Å². The number of nitrogens with two attached hydrogens (primary N) is 1. The minimum Gasteiger partial charge on any atom is -0.375 e. The second kappa shape index (κ2) is 7.24. The van der Waals surface area contributed by atoms with Crippen molar-refractivity contribution in [3.8, 4) is 0 Å². The molecule has 0 aromatic carbocycles. The number of rotatable bonds is 7. The van der Waals surface area contributed by atoms with Gasteiger partial charge in [-0.05, 0) is 24.5 Å². The predicted octanol–water partition coefficient (Wildman–Crippen LogP) is 1.62. The number of aromatic nitrogens is 1. The van der Waals surface area contributed by atoms with Crippen LogP contribution < -0.4 is 5.73 Å². The summed E-state index contributed by atoms with van der Waals surface area (Å²) in [6, 6.07) is 3.70. The molecule has 0 saturated heterocycles. The maximum atomic E-state index is 11.7. The number of hydrogen-bond acceptors (Lipinski definition) is 3. The lowest BCUT2D eigenvalue weighted by Crippen LogP contribution is -2.25. The van der Waals surface area contributed by atoms with E-state index in [1.165, 1.54) is 0 Å². The molecule has 0 aliphatic carbocycles. The molecule has 1 atom stereocenters. The van der Waals surface area contributed by atoms with E-state index in [0.29, 0.717) is 12.8 Å². The Morgan fingerprint density at radius 1 is 1.44 bits per heavy atom. The van der Waals surface area contributed by atoms with Gasteiger partial charge in [-0.1, -0.05) is 6.07 Å². The Morgan fingerprint density at radius 2 is 2.25 bits per heavy atom. The van der Waals surface area contributed by atoms with Crippen molar-refractivity contribution in [1.29, 1.82) is 0 Å². The lowest BCUT2D eigenvalue weighted by Gasteiger charge is -2.11. The third-order valence-corrected chi connectivity index (χ3v) is 2.10. The molecule has 16 heavy (non-hydrogen) atoms. The van der Waals surface area contributed by atoms with Crippen molar-refractivity contribution in [2.75, 3.05) is 13.2 Å². The van der Waals surface area contributed by atoms with Crippen LogP contribution in [0.2, 0.25) is 0 Å². The number of hydrogen-bond donors (Lipinski definition) is 1. The highest BCUT2D eigenvalue weighted by atomic mass is 19.3.